The summed E-state index contributed by atoms with van der Waals surface area (Å²) in [5.74, 6) is 2.94. The summed E-state index contributed by atoms with van der Waals surface area (Å²) < 4.78 is 5.50. The first-order valence-corrected chi connectivity index (χ1v) is 9.16. The first-order valence-electron chi connectivity index (χ1n) is 9.16. The zero-order chi connectivity index (χ0) is 18.8. The molecular weight excluding hydrogens is 342 g/mol. The molecule has 8 heteroatoms. The van der Waals surface area contributed by atoms with Gasteiger partial charge in [0.1, 0.15) is 17.3 Å². The molecule has 27 heavy (non-hydrogen) atoms. The number of oxazole rings is 1. The average Bonchev–Trinajstić information content (AvgIpc) is 3.23. The minimum absolute atomic E-state index is 0.340. The molecule has 0 amide bonds. The van der Waals surface area contributed by atoms with Crippen molar-refractivity contribution in [2.45, 2.75) is 52.1 Å². The summed E-state index contributed by atoms with van der Waals surface area (Å²) in [6, 6.07) is 4.73. The number of aryl methyl sites for hydroxylation is 3. The van der Waals surface area contributed by atoms with E-state index in [9.17, 15) is 0 Å². The lowest BCUT2D eigenvalue weighted by Crippen LogP contribution is -2.22. The van der Waals surface area contributed by atoms with Gasteiger partial charge in [-0.15, -0.1) is 5.10 Å². The zero-order valence-corrected chi connectivity index (χ0v) is 15.7. The van der Waals surface area contributed by atoms with Crippen LogP contribution >= 0.6 is 0 Å². The Morgan fingerprint density at radius 1 is 0.963 bits per heavy atom. The number of nitrogens with zero attached hydrogens (tertiary/aromatic N) is 5. The maximum Gasteiger partial charge on any atom is 0.242 e. The number of pyridine rings is 1. The third-order valence-electron chi connectivity index (χ3n) is 4.73. The number of hydrogen-bond donors (Lipinski definition) is 2. The molecule has 0 aliphatic heterocycles. The van der Waals surface area contributed by atoms with E-state index < -0.39 is 0 Å². The number of hydrogen-bond acceptors (Lipinski definition) is 8. The van der Waals surface area contributed by atoms with Gasteiger partial charge < -0.3 is 15.1 Å². The molecule has 0 aromatic carbocycles. The molecular formula is C19H23N7O. The van der Waals surface area contributed by atoms with Crippen molar-refractivity contribution in [3.8, 4) is 11.3 Å². The summed E-state index contributed by atoms with van der Waals surface area (Å²) in [4.78, 5) is 13.2. The Bertz CT molecular complexity index is 905. The van der Waals surface area contributed by atoms with Crippen LogP contribution in [0, 0.1) is 20.8 Å². The summed E-state index contributed by atoms with van der Waals surface area (Å²) in [6.45, 7) is 5.64. The van der Waals surface area contributed by atoms with E-state index in [0.29, 0.717) is 23.9 Å². The van der Waals surface area contributed by atoms with Crippen LogP contribution in [0.15, 0.2) is 28.9 Å². The quantitative estimate of drug-likeness (QED) is 0.710. The number of nitrogens with one attached hydrogen (secondary N) is 2. The highest BCUT2D eigenvalue weighted by Gasteiger charge is 2.25. The normalized spacial score (nSPS) is 19.2. The SMILES string of the molecule is Cc1cnc(NC2CC[C@H](Nc3ccc(-c4nc(C)oc4C)cn3)C2)nn1. The summed E-state index contributed by atoms with van der Waals surface area (Å²) in [5, 5.41) is 15.0. The van der Waals surface area contributed by atoms with E-state index in [1.54, 1.807) is 6.20 Å². The van der Waals surface area contributed by atoms with Crippen molar-refractivity contribution in [3.05, 3.63) is 41.9 Å². The molecule has 4 rings (SSSR count). The van der Waals surface area contributed by atoms with E-state index >= 15 is 0 Å². The van der Waals surface area contributed by atoms with Gasteiger partial charge in [0.25, 0.3) is 0 Å². The molecule has 1 aliphatic rings. The minimum atomic E-state index is 0.340. The van der Waals surface area contributed by atoms with Crippen LogP contribution in [0.2, 0.25) is 0 Å². The van der Waals surface area contributed by atoms with Crippen LogP contribution in [-0.4, -0.2) is 37.2 Å². The van der Waals surface area contributed by atoms with Crippen LogP contribution < -0.4 is 10.6 Å². The Morgan fingerprint density at radius 3 is 2.41 bits per heavy atom. The van der Waals surface area contributed by atoms with Crippen LogP contribution in [0.4, 0.5) is 11.8 Å². The van der Waals surface area contributed by atoms with Crippen molar-refractivity contribution in [3.63, 3.8) is 0 Å². The van der Waals surface area contributed by atoms with E-state index in [4.69, 9.17) is 4.42 Å². The fraction of sp³-hybridized carbons (Fsp3) is 0.421. The molecule has 8 nitrogen and oxygen atoms in total. The molecule has 3 heterocycles. The van der Waals surface area contributed by atoms with E-state index in [1.165, 1.54) is 0 Å². The summed E-state index contributed by atoms with van der Waals surface area (Å²) in [6.07, 6.45) is 6.68. The molecule has 0 saturated heterocycles. The van der Waals surface area contributed by atoms with Crippen molar-refractivity contribution in [2.75, 3.05) is 10.6 Å². The van der Waals surface area contributed by atoms with E-state index in [0.717, 1.165) is 47.8 Å². The molecule has 1 saturated carbocycles. The monoisotopic (exact) mass is 365 g/mol. The van der Waals surface area contributed by atoms with Gasteiger partial charge in [0, 0.05) is 30.8 Å². The topological polar surface area (TPSA) is 102 Å². The van der Waals surface area contributed by atoms with Crippen molar-refractivity contribution in [1.82, 2.24) is 25.1 Å². The van der Waals surface area contributed by atoms with E-state index in [-0.39, 0.29) is 0 Å². The van der Waals surface area contributed by atoms with Gasteiger partial charge in [0.15, 0.2) is 5.89 Å². The summed E-state index contributed by atoms with van der Waals surface area (Å²) in [7, 11) is 0. The smallest absolute Gasteiger partial charge is 0.242 e. The molecule has 140 valence electrons. The van der Waals surface area contributed by atoms with Crippen molar-refractivity contribution in [2.24, 2.45) is 0 Å². The molecule has 1 unspecified atom stereocenters. The molecule has 0 spiro atoms. The van der Waals surface area contributed by atoms with Gasteiger partial charge in [-0.05, 0) is 45.2 Å². The molecule has 0 bridgehead atoms. The number of anilines is 2. The fourth-order valence-corrected chi connectivity index (χ4v) is 3.45. The predicted octanol–water partition coefficient (Wildman–Crippen LogP) is 3.29. The van der Waals surface area contributed by atoms with Crippen LogP contribution in [0.25, 0.3) is 11.3 Å². The molecule has 3 aromatic rings. The second-order valence-electron chi connectivity index (χ2n) is 6.99. The lowest BCUT2D eigenvalue weighted by Gasteiger charge is -2.15. The average molecular weight is 365 g/mol. The van der Waals surface area contributed by atoms with Gasteiger partial charge >= 0.3 is 0 Å². The molecule has 2 atom stereocenters. The first kappa shape index (κ1) is 17.4. The van der Waals surface area contributed by atoms with Gasteiger partial charge in [-0.1, -0.05) is 0 Å². The van der Waals surface area contributed by atoms with Crippen molar-refractivity contribution in [1.29, 1.82) is 0 Å². The minimum Gasteiger partial charge on any atom is -0.446 e. The van der Waals surface area contributed by atoms with Crippen LogP contribution in [0.5, 0.6) is 0 Å². The molecule has 2 N–H and O–H groups in total. The van der Waals surface area contributed by atoms with Gasteiger partial charge in [0.05, 0.1) is 11.9 Å². The van der Waals surface area contributed by atoms with Crippen molar-refractivity contribution < 1.29 is 4.42 Å². The Balaban J connectivity index is 1.34. The predicted molar refractivity (Wildman–Crippen MR) is 102 cm³/mol. The van der Waals surface area contributed by atoms with Crippen LogP contribution in [0.3, 0.4) is 0 Å². The lowest BCUT2D eigenvalue weighted by molar-refractivity contribution is 0.495. The third-order valence-corrected chi connectivity index (χ3v) is 4.73. The molecule has 0 radical (unpaired) electrons. The number of aromatic nitrogens is 5. The Labute approximate surface area is 157 Å². The Morgan fingerprint density at radius 2 is 1.78 bits per heavy atom. The second-order valence-corrected chi connectivity index (χ2v) is 6.99. The fourth-order valence-electron chi connectivity index (χ4n) is 3.45. The van der Waals surface area contributed by atoms with Gasteiger partial charge in [-0.25, -0.2) is 15.0 Å². The highest BCUT2D eigenvalue weighted by atomic mass is 16.4. The molecule has 3 aromatic heterocycles. The molecule has 1 aliphatic carbocycles. The van der Waals surface area contributed by atoms with Crippen LogP contribution in [0.1, 0.15) is 36.6 Å². The Hall–Kier alpha value is -3.03. The highest BCUT2D eigenvalue weighted by molar-refractivity contribution is 5.61. The van der Waals surface area contributed by atoms with E-state index in [1.807, 2.05) is 39.1 Å². The second kappa shape index (κ2) is 7.30. The maximum absolute atomic E-state index is 5.50. The lowest BCUT2D eigenvalue weighted by atomic mass is 10.2. The summed E-state index contributed by atoms with van der Waals surface area (Å²) in [5.41, 5.74) is 2.63. The zero-order valence-electron chi connectivity index (χ0n) is 15.7. The van der Waals surface area contributed by atoms with Crippen LogP contribution in [-0.2, 0) is 0 Å². The van der Waals surface area contributed by atoms with Gasteiger partial charge in [-0.3, -0.25) is 0 Å². The molecule has 1 fully saturated rings. The van der Waals surface area contributed by atoms with Gasteiger partial charge in [-0.2, -0.15) is 5.10 Å². The highest BCUT2D eigenvalue weighted by Crippen LogP contribution is 2.26. The van der Waals surface area contributed by atoms with Crippen molar-refractivity contribution >= 4 is 11.8 Å². The third kappa shape index (κ3) is 4.05. The standard InChI is InChI=1S/C19H23N7O/c1-11-9-21-19(26-25-11)24-16-6-5-15(8-16)23-17-7-4-14(10-20-17)18-12(2)27-13(3)22-18/h4,7,9-10,15-16H,5-6,8H2,1-3H3,(H,20,23)(H,21,24,26)/t15-,16?/m0/s1. The Kier molecular flexibility index (Phi) is 4.70. The number of rotatable bonds is 5. The largest absolute Gasteiger partial charge is 0.446 e. The summed E-state index contributed by atoms with van der Waals surface area (Å²) >= 11 is 0. The van der Waals surface area contributed by atoms with E-state index in [2.05, 4.69) is 35.8 Å². The maximum atomic E-state index is 5.50. The van der Waals surface area contributed by atoms with Gasteiger partial charge in [0.2, 0.25) is 5.95 Å². The first-order chi connectivity index (χ1) is 13.1.